The predicted octanol–water partition coefficient (Wildman–Crippen LogP) is 4.01. The Bertz CT molecular complexity index is 1440. The average Bonchev–Trinajstić information content (AvgIpc) is 3.03. The molecule has 0 aliphatic rings. The zero-order chi connectivity index (χ0) is 32.1. The Kier molecular flexibility index (Phi) is 12.9. The van der Waals surface area contributed by atoms with Crippen molar-refractivity contribution in [1.82, 2.24) is 21.3 Å². The van der Waals surface area contributed by atoms with Crippen LogP contribution < -0.4 is 21.3 Å². The fraction of sp³-hybridized carbons (Fsp3) is 0.382. The normalized spacial score (nSPS) is 12.9. The monoisotopic (exact) mass is 602 g/mol. The summed E-state index contributed by atoms with van der Waals surface area (Å²) in [6.07, 6.45) is 0.0167. The molecule has 0 saturated carbocycles. The highest BCUT2D eigenvalue weighted by Crippen LogP contribution is 2.16. The SMILES string of the molecule is CC[C@H](C)C(NC(=O)[C@H](CC(C)C)NC(=O)OCc1ccccc1)C(=O)C(=O)NCC(=O)NCc1ccc2ccccc2c1. The molecule has 0 fully saturated rings. The van der Waals surface area contributed by atoms with Gasteiger partial charge < -0.3 is 26.0 Å². The molecule has 0 aromatic heterocycles. The number of amides is 4. The molecule has 234 valence electrons. The lowest BCUT2D eigenvalue weighted by Gasteiger charge is -2.26. The first-order valence-corrected chi connectivity index (χ1v) is 14.9. The number of carbonyl (C=O) groups is 5. The van der Waals surface area contributed by atoms with Gasteiger partial charge >= 0.3 is 6.09 Å². The van der Waals surface area contributed by atoms with Gasteiger partial charge in [-0.1, -0.05) is 101 Å². The number of rotatable bonds is 15. The lowest BCUT2D eigenvalue weighted by atomic mass is 9.94. The molecule has 0 heterocycles. The highest BCUT2D eigenvalue weighted by molar-refractivity contribution is 6.38. The van der Waals surface area contributed by atoms with Crippen molar-refractivity contribution in [3.8, 4) is 0 Å². The van der Waals surface area contributed by atoms with E-state index < -0.39 is 48.2 Å². The van der Waals surface area contributed by atoms with Crippen molar-refractivity contribution in [1.29, 1.82) is 0 Å². The van der Waals surface area contributed by atoms with Crippen molar-refractivity contribution >= 4 is 40.4 Å². The van der Waals surface area contributed by atoms with Crippen LogP contribution in [0.15, 0.2) is 72.8 Å². The van der Waals surface area contributed by atoms with Crippen LogP contribution >= 0.6 is 0 Å². The topological polar surface area (TPSA) is 143 Å². The lowest BCUT2D eigenvalue weighted by Crippen LogP contribution is -2.56. The van der Waals surface area contributed by atoms with Crippen molar-refractivity contribution in [2.24, 2.45) is 11.8 Å². The van der Waals surface area contributed by atoms with E-state index in [0.717, 1.165) is 21.9 Å². The summed E-state index contributed by atoms with van der Waals surface area (Å²) in [5.41, 5.74) is 1.69. The maximum Gasteiger partial charge on any atom is 0.408 e. The number of ketones is 1. The van der Waals surface area contributed by atoms with Crippen LogP contribution in [0.5, 0.6) is 0 Å². The molecule has 0 saturated heterocycles. The lowest BCUT2D eigenvalue weighted by molar-refractivity contribution is -0.141. The molecule has 10 heteroatoms. The van der Waals surface area contributed by atoms with E-state index in [-0.39, 0.29) is 31.4 Å². The van der Waals surface area contributed by atoms with Gasteiger partial charge in [0.15, 0.2) is 0 Å². The largest absolute Gasteiger partial charge is 0.445 e. The van der Waals surface area contributed by atoms with Gasteiger partial charge in [0, 0.05) is 6.54 Å². The zero-order valence-electron chi connectivity index (χ0n) is 25.7. The minimum atomic E-state index is -1.15. The van der Waals surface area contributed by atoms with Crippen molar-refractivity contribution in [3.63, 3.8) is 0 Å². The van der Waals surface area contributed by atoms with E-state index in [1.54, 1.807) is 6.92 Å². The molecule has 3 atom stereocenters. The summed E-state index contributed by atoms with van der Waals surface area (Å²) in [6.45, 7) is 7.26. The van der Waals surface area contributed by atoms with E-state index in [9.17, 15) is 24.0 Å². The number of hydrogen-bond donors (Lipinski definition) is 4. The Balaban J connectivity index is 1.55. The van der Waals surface area contributed by atoms with Crippen LogP contribution in [-0.4, -0.2) is 48.2 Å². The second-order valence-electron chi connectivity index (χ2n) is 11.3. The molecule has 3 aromatic rings. The van der Waals surface area contributed by atoms with Gasteiger partial charge in [-0.05, 0) is 46.2 Å². The van der Waals surface area contributed by atoms with E-state index in [4.69, 9.17) is 4.74 Å². The van der Waals surface area contributed by atoms with E-state index in [0.29, 0.717) is 6.42 Å². The van der Waals surface area contributed by atoms with Crippen molar-refractivity contribution in [3.05, 3.63) is 83.9 Å². The molecule has 4 N–H and O–H groups in total. The maximum absolute atomic E-state index is 13.3. The van der Waals surface area contributed by atoms with Crippen LogP contribution in [0.1, 0.15) is 51.7 Å². The third-order valence-electron chi connectivity index (χ3n) is 7.26. The number of alkyl carbamates (subject to hydrolysis) is 1. The molecule has 3 rings (SSSR count). The molecule has 0 bridgehead atoms. The average molecular weight is 603 g/mol. The Hall–Kier alpha value is -4.73. The van der Waals surface area contributed by atoms with Crippen molar-refractivity contribution in [2.45, 2.75) is 65.8 Å². The molecule has 1 unspecified atom stereocenters. The number of benzene rings is 3. The van der Waals surface area contributed by atoms with Gasteiger partial charge in [-0.3, -0.25) is 19.2 Å². The first kappa shape index (κ1) is 33.8. The fourth-order valence-corrected chi connectivity index (χ4v) is 4.57. The summed E-state index contributed by atoms with van der Waals surface area (Å²) < 4.78 is 5.27. The van der Waals surface area contributed by atoms with Crippen LogP contribution in [0.3, 0.4) is 0 Å². The number of nitrogens with one attached hydrogen (secondary N) is 4. The van der Waals surface area contributed by atoms with Crippen molar-refractivity contribution < 1.29 is 28.7 Å². The van der Waals surface area contributed by atoms with Gasteiger partial charge in [-0.15, -0.1) is 0 Å². The quantitative estimate of drug-likeness (QED) is 0.194. The summed E-state index contributed by atoms with van der Waals surface area (Å²) in [4.78, 5) is 64.1. The fourth-order valence-electron chi connectivity index (χ4n) is 4.57. The number of ether oxygens (including phenoxy) is 1. The van der Waals surface area contributed by atoms with Gasteiger partial charge in [-0.2, -0.15) is 0 Å². The van der Waals surface area contributed by atoms with Crippen LogP contribution in [-0.2, 0) is 37.1 Å². The number of Topliss-reactive ketones (excluding diaryl/α,β-unsaturated/α-hetero) is 1. The highest BCUT2D eigenvalue weighted by atomic mass is 16.5. The Morgan fingerprint density at radius 2 is 1.45 bits per heavy atom. The van der Waals surface area contributed by atoms with Gasteiger partial charge in [0.05, 0.1) is 12.6 Å². The first-order chi connectivity index (χ1) is 21.1. The molecule has 0 aliphatic carbocycles. The number of hydrogen-bond acceptors (Lipinski definition) is 6. The van der Waals surface area contributed by atoms with Crippen LogP contribution in [0.2, 0.25) is 0 Å². The summed E-state index contributed by atoms with van der Waals surface area (Å²) in [5, 5.41) is 12.5. The first-order valence-electron chi connectivity index (χ1n) is 14.9. The van der Waals surface area contributed by atoms with Gasteiger partial charge in [0.2, 0.25) is 17.6 Å². The molecular weight excluding hydrogens is 560 g/mol. The smallest absolute Gasteiger partial charge is 0.408 e. The summed E-state index contributed by atoms with van der Waals surface area (Å²) >= 11 is 0. The van der Waals surface area contributed by atoms with E-state index in [2.05, 4.69) is 21.3 Å². The maximum atomic E-state index is 13.3. The Morgan fingerprint density at radius 1 is 0.773 bits per heavy atom. The van der Waals surface area contributed by atoms with Gasteiger partial charge in [0.1, 0.15) is 12.6 Å². The Morgan fingerprint density at radius 3 is 2.14 bits per heavy atom. The third-order valence-corrected chi connectivity index (χ3v) is 7.26. The second kappa shape index (κ2) is 16.8. The standard InChI is InChI=1S/C34H42N4O6/c1-5-23(4)30(38-32(41)28(17-22(2)3)37-34(43)44-21-24-11-7-6-8-12-24)31(40)33(42)36-20-29(39)35-19-25-15-16-26-13-9-10-14-27(26)18-25/h6-16,18,22-23,28,30H,5,17,19-21H2,1-4H3,(H,35,39)(H,36,42)(H,37,43)(H,38,41)/t23-,28-,30?/m0/s1. The summed E-state index contributed by atoms with van der Waals surface area (Å²) in [6, 6.07) is 20.7. The molecule has 4 amide bonds. The molecule has 3 aromatic carbocycles. The van der Waals surface area contributed by atoms with Crippen LogP contribution in [0.25, 0.3) is 10.8 Å². The van der Waals surface area contributed by atoms with Crippen LogP contribution in [0, 0.1) is 11.8 Å². The minimum absolute atomic E-state index is 0.0344. The number of carbonyl (C=O) groups excluding carboxylic acids is 5. The molecule has 0 spiro atoms. The van der Waals surface area contributed by atoms with Crippen molar-refractivity contribution in [2.75, 3.05) is 6.54 Å². The molecule has 0 radical (unpaired) electrons. The highest BCUT2D eigenvalue weighted by Gasteiger charge is 2.33. The Labute approximate surface area is 258 Å². The third kappa shape index (κ3) is 10.5. The predicted molar refractivity (Wildman–Crippen MR) is 168 cm³/mol. The molecule has 10 nitrogen and oxygen atoms in total. The molecule has 44 heavy (non-hydrogen) atoms. The van der Waals surface area contributed by atoms with Gasteiger partial charge in [-0.25, -0.2) is 4.79 Å². The van der Waals surface area contributed by atoms with E-state index >= 15 is 0 Å². The van der Waals surface area contributed by atoms with E-state index in [1.807, 2.05) is 93.6 Å². The minimum Gasteiger partial charge on any atom is -0.445 e. The zero-order valence-corrected chi connectivity index (χ0v) is 25.7. The molecular formula is C34H42N4O6. The van der Waals surface area contributed by atoms with Crippen LogP contribution in [0.4, 0.5) is 4.79 Å². The van der Waals surface area contributed by atoms with Gasteiger partial charge in [0.25, 0.3) is 5.91 Å². The van der Waals surface area contributed by atoms with E-state index in [1.165, 1.54) is 0 Å². The number of fused-ring (bicyclic) bond motifs is 1. The molecule has 0 aliphatic heterocycles. The summed E-state index contributed by atoms with van der Waals surface area (Å²) in [7, 11) is 0. The second-order valence-corrected chi connectivity index (χ2v) is 11.3. The summed E-state index contributed by atoms with van der Waals surface area (Å²) in [5.74, 6) is -3.26.